The molecule has 2 aliphatic carbocycles. The van der Waals surface area contributed by atoms with Crippen LogP contribution < -0.4 is 0 Å². The van der Waals surface area contributed by atoms with Gasteiger partial charge in [0, 0.05) is 37.9 Å². The maximum atomic E-state index is 12.8. The molecule has 6 heteroatoms. The second-order valence-corrected chi connectivity index (χ2v) is 9.96. The molecule has 0 saturated carbocycles. The molecule has 0 atom stereocenters. The second kappa shape index (κ2) is 7.88. The van der Waals surface area contributed by atoms with Crippen LogP contribution in [0.2, 0.25) is 0 Å². The summed E-state index contributed by atoms with van der Waals surface area (Å²) >= 11 is 0. The van der Waals surface area contributed by atoms with Crippen molar-refractivity contribution < 1.29 is 19.2 Å². The molecule has 6 nitrogen and oxygen atoms in total. The molecule has 0 aromatic carbocycles. The third-order valence-electron chi connectivity index (χ3n) is 5.66. The highest BCUT2D eigenvalue weighted by atomic mass is 16.5. The lowest BCUT2D eigenvalue weighted by Crippen LogP contribution is -2.30. The number of Topliss-reactive ketones (excluding diaryl/α,β-unsaturated/α-hetero) is 2. The van der Waals surface area contributed by atoms with Crippen LogP contribution in [0.5, 0.6) is 0 Å². The summed E-state index contributed by atoms with van der Waals surface area (Å²) in [5, 5.41) is 14.7. The Bertz CT molecular complexity index is 887. The number of carbonyl (C=O) groups excluding carboxylic acids is 2. The number of hydrogen-bond acceptors (Lipinski definition) is 6. The van der Waals surface area contributed by atoms with E-state index in [1.807, 2.05) is 20.8 Å². The Balaban J connectivity index is 1.85. The van der Waals surface area contributed by atoms with E-state index in [2.05, 4.69) is 24.0 Å². The Morgan fingerprint density at radius 1 is 1.07 bits per heavy atom. The van der Waals surface area contributed by atoms with Gasteiger partial charge in [0.1, 0.15) is 11.5 Å². The van der Waals surface area contributed by atoms with E-state index in [0.29, 0.717) is 73.4 Å². The molecule has 1 aromatic heterocycles. The van der Waals surface area contributed by atoms with Crippen LogP contribution in [-0.4, -0.2) is 34.1 Å². The van der Waals surface area contributed by atoms with Crippen molar-refractivity contribution >= 4 is 17.3 Å². The molecule has 1 heterocycles. The molecule has 0 saturated heterocycles. The van der Waals surface area contributed by atoms with Crippen LogP contribution in [0, 0.1) is 10.8 Å². The summed E-state index contributed by atoms with van der Waals surface area (Å²) in [4.78, 5) is 30.0. The molecule has 0 bridgehead atoms. The number of aromatic nitrogens is 1. The van der Waals surface area contributed by atoms with E-state index in [1.165, 1.54) is 0 Å². The van der Waals surface area contributed by atoms with Gasteiger partial charge >= 0.3 is 0 Å². The van der Waals surface area contributed by atoms with Crippen molar-refractivity contribution in [3.05, 3.63) is 28.3 Å². The molecule has 158 valence electrons. The predicted molar refractivity (Wildman–Crippen MR) is 112 cm³/mol. The molecule has 0 unspecified atom stereocenters. The minimum absolute atomic E-state index is 0.0615. The Kier molecular flexibility index (Phi) is 5.84. The molecular formula is C23H32N2O4. The lowest BCUT2D eigenvalue weighted by atomic mass is 9.74. The molecular weight excluding hydrogens is 368 g/mol. The lowest BCUT2D eigenvalue weighted by molar-refractivity contribution is -0.118. The van der Waals surface area contributed by atoms with Crippen LogP contribution in [0.4, 0.5) is 0 Å². The van der Waals surface area contributed by atoms with Crippen LogP contribution in [0.25, 0.3) is 0 Å². The number of aryl methyl sites for hydroxylation is 1. The first-order chi connectivity index (χ1) is 13.5. The highest BCUT2D eigenvalue weighted by molar-refractivity contribution is 6.23. The Hall–Kier alpha value is -2.24. The smallest absolute Gasteiger partial charge is 0.168 e. The van der Waals surface area contributed by atoms with Gasteiger partial charge in [-0.15, -0.1) is 0 Å². The van der Waals surface area contributed by atoms with E-state index in [1.54, 1.807) is 0 Å². The van der Waals surface area contributed by atoms with Gasteiger partial charge in [-0.1, -0.05) is 39.8 Å². The molecule has 1 aromatic rings. The van der Waals surface area contributed by atoms with Crippen molar-refractivity contribution in [2.75, 3.05) is 6.54 Å². The van der Waals surface area contributed by atoms with Crippen molar-refractivity contribution in [1.82, 2.24) is 5.16 Å². The predicted octanol–water partition coefficient (Wildman–Crippen LogP) is 4.81. The van der Waals surface area contributed by atoms with Gasteiger partial charge in [-0.05, 0) is 30.1 Å². The van der Waals surface area contributed by atoms with E-state index < -0.39 is 0 Å². The summed E-state index contributed by atoms with van der Waals surface area (Å²) in [6, 6.07) is 0. The molecule has 3 rings (SSSR count). The first kappa shape index (κ1) is 21.5. The van der Waals surface area contributed by atoms with Gasteiger partial charge in [-0.3, -0.25) is 14.6 Å². The SMILES string of the molecule is CCCN=C(CCc1noc2c1C(=O)CC(C)(C)C2)C1=C(O)CC(C)(C)CC1=O. The van der Waals surface area contributed by atoms with Crippen LogP contribution in [0.1, 0.15) is 88.5 Å². The fourth-order valence-electron chi connectivity index (χ4n) is 4.37. The minimum atomic E-state index is -0.245. The minimum Gasteiger partial charge on any atom is -0.511 e. The number of ketones is 2. The number of carbonyl (C=O) groups is 2. The van der Waals surface area contributed by atoms with E-state index in [-0.39, 0.29) is 28.2 Å². The zero-order valence-electron chi connectivity index (χ0n) is 18.2. The number of aliphatic hydroxyl groups excluding tert-OH is 1. The van der Waals surface area contributed by atoms with Crippen LogP contribution in [0.3, 0.4) is 0 Å². The van der Waals surface area contributed by atoms with Crippen molar-refractivity contribution in [3.8, 4) is 0 Å². The number of nitrogens with zero attached hydrogens (tertiary/aromatic N) is 2. The quantitative estimate of drug-likeness (QED) is 0.691. The van der Waals surface area contributed by atoms with Gasteiger partial charge in [0.05, 0.1) is 16.8 Å². The highest BCUT2D eigenvalue weighted by Gasteiger charge is 2.37. The van der Waals surface area contributed by atoms with Crippen molar-refractivity contribution in [2.45, 2.75) is 79.6 Å². The number of hydrogen-bond donors (Lipinski definition) is 1. The van der Waals surface area contributed by atoms with Crippen LogP contribution in [0.15, 0.2) is 20.8 Å². The third-order valence-corrected chi connectivity index (χ3v) is 5.66. The summed E-state index contributed by atoms with van der Waals surface area (Å²) in [6.45, 7) is 10.7. The molecule has 0 spiro atoms. The number of aliphatic hydroxyl groups is 1. The zero-order valence-corrected chi connectivity index (χ0v) is 18.2. The largest absolute Gasteiger partial charge is 0.511 e. The summed E-state index contributed by atoms with van der Waals surface area (Å²) in [5.41, 5.74) is 1.85. The van der Waals surface area contributed by atoms with Crippen molar-refractivity contribution in [1.29, 1.82) is 0 Å². The second-order valence-electron chi connectivity index (χ2n) is 9.96. The van der Waals surface area contributed by atoms with Gasteiger partial charge in [-0.25, -0.2) is 0 Å². The van der Waals surface area contributed by atoms with Gasteiger partial charge in [0.15, 0.2) is 11.6 Å². The summed E-state index contributed by atoms with van der Waals surface area (Å²) in [7, 11) is 0. The molecule has 0 fully saturated rings. The van der Waals surface area contributed by atoms with E-state index in [0.717, 1.165) is 6.42 Å². The average molecular weight is 401 g/mol. The highest BCUT2D eigenvalue weighted by Crippen LogP contribution is 2.38. The normalized spacial score (nSPS) is 21.5. The molecule has 0 amide bonds. The Morgan fingerprint density at radius 3 is 2.38 bits per heavy atom. The van der Waals surface area contributed by atoms with Gasteiger partial charge in [-0.2, -0.15) is 0 Å². The van der Waals surface area contributed by atoms with Crippen molar-refractivity contribution in [3.63, 3.8) is 0 Å². The van der Waals surface area contributed by atoms with E-state index in [4.69, 9.17) is 4.52 Å². The fraction of sp³-hybridized carbons (Fsp3) is 0.652. The zero-order chi connectivity index (χ0) is 21.4. The molecule has 0 radical (unpaired) electrons. The Morgan fingerprint density at radius 2 is 1.72 bits per heavy atom. The molecule has 29 heavy (non-hydrogen) atoms. The topological polar surface area (TPSA) is 92.8 Å². The summed E-state index contributed by atoms with van der Waals surface area (Å²) in [5.74, 6) is 0.790. The number of fused-ring (bicyclic) bond motifs is 1. The number of aliphatic imine (C=N–C) groups is 1. The van der Waals surface area contributed by atoms with Gasteiger partial charge in [0.25, 0.3) is 0 Å². The summed E-state index contributed by atoms with van der Waals surface area (Å²) in [6.07, 6.45) is 3.78. The van der Waals surface area contributed by atoms with E-state index in [9.17, 15) is 14.7 Å². The summed E-state index contributed by atoms with van der Waals surface area (Å²) < 4.78 is 5.48. The number of rotatable bonds is 6. The average Bonchev–Trinajstić information content (AvgIpc) is 2.96. The number of allylic oxidation sites excluding steroid dienone is 2. The van der Waals surface area contributed by atoms with Crippen LogP contribution in [-0.2, 0) is 17.6 Å². The third kappa shape index (κ3) is 4.68. The van der Waals surface area contributed by atoms with E-state index >= 15 is 0 Å². The van der Waals surface area contributed by atoms with Gasteiger partial charge in [0.2, 0.25) is 0 Å². The maximum Gasteiger partial charge on any atom is 0.168 e. The lowest BCUT2D eigenvalue weighted by Gasteiger charge is -2.30. The molecule has 2 aliphatic rings. The standard InChI is InChI=1S/C23H32N2O4/c1-6-9-24-14(20-16(26)10-22(2,3)11-17(20)27)7-8-15-21-18(28)12-23(4,5)13-19(21)29-25-15/h26H,6-13H2,1-5H3. The first-order valence-electron chi connectivity index (χ1n) is 10.5. The fourth-order valence-corrected chi connectivity index (χ4v) is 4.37. The maximum absolute atomic E-state index is 12.8. The van der Waals surface area contributed by atoms with Gasteiger partial charge < -0.3 is 9.63 Å². The molecule has 1 N–H and O–H groups in total. The first-order valence-corrected chi connectivity index (χ1v) is 10.5. The molecule has 0 aliphatic heterocycles. The monoisotopic (exact) mass is 400 g/mol. The van der Waals surface area contributed by atoms with Crippen molar-refractivity contribution in [2.24, 2.45) is 15.8 Å². The van der Waals surface area contributed by atoms with Crippen LogP contribution >= 0.6 is 0 Å². The Labute approximate surface area is 172 Å².